The van der Waals surface area contributed by atoms with Crippen molar-refractivity contribution in [2.24, 2.45) is 17.6 Å². The third-order valence-electron chi connectivity index (χ3n) is 5.95. The van der Waals surface area contributed by atoms with Crippen LogP contribution in [0.25, 0.3) is 0 Å². The van der Waals surface area contributed by atoms with E-state index in [4.69, 9.17) is 15.2 Å². The third-order valence-corrected chi connectivity index (χ3v) is 5.95. The number of rotatable bonds is 8. The first-order valence-corrected chi connectivity index (χ1v) is 9.66. The maximum Gasteiger partial charge on any atom is 0.310 e. The zero-order valence-electron chi connectivity index (χ0n) is 16.2. The quantitative estimate of drug-likeness (QED) is 0.459. The van der Waals surface area contributed by atoms with Gasteiger partial charge in [0.25, 0.3) is 0 Å². The number of aliphatic carboxylic acids is 1. The van der Waals surface area contributed by atoms with E-state index in [0.29, 0.717) is 6.54 Å². The molecule has 0 aromatic heterocycles. The number of benzene rings is 1. The Bertz CT molecular complexity index is 931. The predicted molar refractivity (Wildman–Crippen MR) is 102 cm³/mol. The van der Waals surface area contributed by atoms with Crippen LogP contribution in [-0.2, 0) is 35.2 Å². The molecule has 30 heavy (non-hydrogen) atoms. The number of ether oxygens (including phenoxy) is 2. The number of esters is 1. The molecule has 2 amide bonds. The number of carbonyl (C=O) groups excluding carboxylic acids is 3. The van der Waals surface area contributed by atoms with Gasteiger partial charge < -0.3 is 25.2 Å². The van der Waals surface area contributed by atoms with E-state index in [1.165, 1.54) is 0 Å². The second-order valence-electron chi connectivity index (χ2n) is 7.95. The van der Waals surface area contributed by atoms with E-state index in [1.807, 2.05) is 30.3 Å². The Morgan fingerprint density at radius 2 is 1.93 bits per heavy atom. The number of hydrogen-bond donors (Lipinski definition) is 2. The zero-order chi connectivity index (χ0) is 21.5. The molecule has 3 N–H and O–H groups in total. The fourth-order valence-corrected chi connectivity index (χ4v) is 4.66. The van der Waals surface area contributed by atoms with Gasteiger partial charge in [-0.3, -0.25) is 19.2 Å². The molecule has 3 heterocycles. The molecule has 0 saturated carbocycles. The van der Waals surface area contributed by atoms with E-state index in [0.717, 1.165) is 5.56 Å². The van der Waals surface area contributed by atoms with Crippen LogP contribution in [-0.4, -0.2) is 58.1 Å². The highest BCUT2D eigenvalue weighted by atomic mass is 16.6. The highest BCUT2D eigenvalue weighted by Crippen LogP contribution is 2.57. The Balaban J connectivity index is 1.51. The summed E-state index contributed by atoms with van der Waals surface area (Å²) in [6.45, 7) is 0.238. The SMILES string of the molecule is NC(=O)CCC(=O)OCC12C=CC3(CN(Cc4ccccc4)C(=O)C3C1C(=O)O)O2. The largest absolute Gasteiger partial charge is 0.481 e. The van der Waals surface area contributed by atoms with E-state index < -0.39 is 40.9 Å². The molecule has 0 radical (unpaired) electrons. The van der Waals surface area contributed by atoms with Gasteiger partial charge in [0.05, 0.1) is 18.9 Å². The van der Waals surface area contributed by atoms with E-state index in [-0.39, 0.29) is 31.9 Å². The van der Waals surface area contributed by atoms with E-state index in [1.54, 1.807) is 17.1 Å². The summed E-state index contributed by atoms with van der Waals surface area (Å²) in [6.07, 6.45) is 2.94. The van der Waals surface area contributed by atoms with Crippen LogP contribution in [0.4, 0.5) is 0 Å². The normalized spacial score (nSPS) is 31.1. The van der Waals surface area contributed by atoms with Crippen molar-refractivity contribution in [3.63, 3.8) is 0 Å². The fraction of sp³-hybridized carbons (Fsp3) is 0.429. The second kappa shape index (κ2) is 7.24. The summed E-state index contributed by atoms with van der Waals surface area (Å²) in [5.74, 6) is -4.87. The van der Waals surface area contributed by atoms with E-state index in [9.17, 15) is 24.3 Å². The van der Waals surface area contributed by atoms with Crippen LogP contribution in [0.1, 0.15) is 18.4 Å². The molecular formula is C21H22N2O7. The highest BCUT2D eigenvalue weighted by molar-refractivity contribution is 5.91. The monoisotopic (exact) mass is 414 g/mol. The van der Waals surface area contributed by atoms with Crippen molar-refractivity contribution in [1.29, 1.82) is 0 Å². The number of nitrogens with two attached hydrogens (primary N) is 1. The number of carboxylic acids is 1. The van der Waals surface area contributed by atoms with Crippen molar-refractivity contribution in [2.45, 2.75) is 30.6 Å². The summed E-state index contributed by atoms with van der Waals surface area (Å²) in [4.78, 5) is 49.6. The van der Waals surface area contributed by atoms with Crippen LogP contribution < -0.4 is 5.73 Å². The third kappa shape index (κ3) is 3.24. The van der Waals surface area contributed by atoms with Crippen LogP contribution >= 0.6 is 0 Å². The lowest BCUT2D eigenvalue weighted by Crippen LogP contribution is -2.47. The molecule has 1 aromatic rings. The number of fused-ring (bicyclic) bond motifs is 1. The Kier molecular flexibility index (Phi) is 4.85. The lowest BCUT2D eigenvalue weighted by Gasteiger charge is -2.30. The van der Waals surface area contributed by atoms with E-state index >= 15 is 0 Å². The summed E-state index contributed by atoms with van der Waals surface area (Å²) in [5, 5.41) is 9.89. The van der Waals surface area contributed by atoms with Crippen molar-refractivity contribution >= 4 is 23.8 Å². The molecule has 3 aliphatic rings. The summed E-state index contributed by atoms with van der Waals surface area (Å²) >= 11 is 0. The summed E-state index contributed by atoms with van der Waals surface area (Å²) in [5.41, 5.74) is 3.49. The van der Waals surface area contributed by atoms with Crippen LogP contribution in [0.15, 0.2) is 42.5 Å². The molecule has 2 fully saturated rings. The van der Waals surface area contributed by atoms with Crippen LogP contribution in [0.2, 0.25) is 0 Å². The zero-order valence-corrected chi connectivity index (χ0v) is 16.2. The van der Waals surface area contributed by atoms with Crippen molar-refractivity contribution < 1.29 is 33.8 Å². The van der Waals surface area contributed by atoms with Gasteiger partial charge >= 0.3 is 11.9 Å². The first-order chi connectivity index (χ1) is 14.3. The Morgan fingerprint density at radius 1 is 1.20 bits per heavy atom. The molecule has 4 unspecified atom stereocenters. The number of amides is 2. The molecule has 1 aromatic carbocycles. The summed E-state index contributed by atoms with van der Waals surface area (Å²) < 4.78 is 11.3. The molecule has 0 aliphatic carbocycles. The maximum atomic E-state index is 13.1. The van der Waals surface area contributed by atoms with Gasteiger partial charge in [0, 0.05) is 13.0 Å². The van der Waals surface area contributed by atoms with Gasteiger partial charge in [-0.1, -0.05) is 36.4 Å². The minimum atomic E-state index is -1.41. The molecular weight excluding hydrogens is 392 g/mol. The van der Waals surface area contributed by atoms with Crippen LogP contribution in [0.3, 0.4) is 0 Å². The predicted octanol–water partition coefficient (Wildman–Crippen LogP) is 0.232. The molecule has 9 heteroatoms. The van der Waals surface area contributed by atoms with Gasteiger partial charge in [-0.2, -0.15) is 0 Å². The summed E-state index contributed by atoms with van der Waals surface area (Å²) in [6, 6.07) is 9.42. The van der Waals surface area contributed by atoms with Gasteiger partial charge in [-0.25, -0.2) is 0 Å². The molecule has 1 spiro atoms. The molecule has 9 nitrogen and oxygen atoms in total. The van der Waals surface area contributed by atoms with Gasteiger partial charge in [0.15, 0.2) is 0 Å². The maximum absolute atomic E-state index is 13.1. The number of carboxylic acid groups (broad SMARTS) is 1. The Morgan fingerprint density at radius 3 is 2.60 bits per heavy atom. The first kappa shape index (κ1) is 20.1. The van der Waals surface area contributed by atoms with Gasteiger partial charge in [-0.15, -0.1) is 0 Å². The lowest BCUT2D eigenvalue weighted by molar-refractivity contribution is -0.162. The molecule has 3 aliphatic heterocycles. The lowest BCUT2D eigenvalue weighted by atomic mass is 9.72. The van der Waals surface area contributed by atoms with Crippen LogP contribution in [0.5, 0.6) is 0 Å². The minimum Gasteiger partial charge on any atom is -0.481 e. The number of carbonyl (C=O) groups is 4. The van der Waals surface area contributed by atoms with Crippen molar-refractivity contribution in [1.82, 2.24) is 4.90 Å². The molecule has 4 rings (SSSR count). The van der Waals surface area contributed by atoms with Crippen molar-refractivity contribution in [3.8, 4) is 0 Å². The van der Waals surface area contributed by atoms with Gasteiger partial charge in [-0.05, 0) is 11.6 Å². The van der Waals surface area contributed by atoms with Crippen LogP contribution in [0, 0.1) is 11.8 Å². The average molecular weight is 414 g/mol. The first-order valence-electron chi connectivity index (χ1n) is 9.66. The number of primary amides is 1. The second-order valence-corrected chi connectivity index (χ2v) is 7.95. The van der Waals surface area contributed by atoms with E-state index in [2.05, 4.69) is 0 Å². The van der Waals surface area contributed by atoms with Gasteiger partial charge in [0.1, 0.15) is 23.7 Å². The number of hydrogen-bond acceptors (Lipinski definition) is 6. The smallest absolute Gasteiger partial charge is 0.310 e. The minimum absolute atomic E-state index is 0.162. The number of likely N-dealkylation sites (tertiary alicyclic amines) is 1. The average Bonchev–Trinajstić information content (AvgIpc) is 3.30. The fourth-order valence-electron chi connectivity index (χ4n) is 4.66. The molecule has 2 bridgehead atoms. The molecule has 158 valence electrons. The highest BCUT2D eigenvalue weighted by Gasteiger charge is 2.73. The van der Waals surface area contributed by atoms with Gasteiger partial charge in [0.2, 0.25) is 11.8 Å². The van der Waals surface area contributed by atoms with Crippen molar-refractivity contribution in [3.05, 3.63) is 48.0 Å². The Hall–Kier alpha value is -3.20. The molecule has 4 atom stereocenters. The number of nitrogens with zero attached hydrogens (tertiary/aromatic N) is 1. The standard InChI is InChI=1S/C21H22N2O7/c22-14(24)6-7-15(25)29-12-21-9-8-20(30-21)11-23(10-13-4-2-1-3-5-13)18(26)16(20)17(21)19(27)28/h1-5,8-9,16-17H,6-7,10-12H2,(H2,22,24)(H,27,28). The Labute approximate surface area is 172 Å². The summed E-state index contributed by atoms with van der Waals surface area (Å²) in [7, 11) is 0. The van der Waals surface area contributed by atoms with Crippen molar-refractivity contribution in [2.75, 3.05) is 13.2 Å². The molecule has 2 saturated heterocycles. The topological polar surface area (TPSA) is 136 Å².